The van der Waals surface area contributed by atoms with E-state index in [4.69, 9.17) is 4.74 Å². The molecular formula is C30H28N4O5S2. The number of benzene rings is 3. The maximum absolute atomic E-state index is 13.2. The van der Waals surface area contributed by atoms with Gasteiger partial charge in [-0.1, -0.05) is 36.0 Å². The van der Waals surface area contributed by atoms with Crippen molar-refractivity contribution < 1.29 is 23.9 Å². The molecule has 0 atom stereocenters. The summed E-state index contributed by atoms with van der Waals surface area (Å²) in [6, 6.07) is 18.9. The molecule has 1 aliphatic rings. The van der Waals surface area contributed by atoms with Crippen LogP contribution in [0.15, 0.2) is 71.1 Å². The number of esters is 1. The van der Waals surface area contributed by atoms with Crippen molar-refractivity contribution in [2.45, 2.75) is 23.6 Å². The molecule has 1 aromatic heterocycles. The number of hydrogen-bond acceptors (Lipinski definition) is 8. The van der Waals surface area contributed by atoms with Gasteiger partial charge in [0.25, 0.3) is 11.8 Å². The fourth-order valence-corrected chi connectivity index (χ4v) is 6.48. The lowest BCUT2D eigenvalue weighted by molar-refractivity contribution is -0.113. The number of piperidine rings is 1. The predicted octanol–water partition coefficient (Wildman–Crippen LogP) is 5.69. The van der Waals surface area contributed by atoms with Gasteiger partial charge in [0.2, 0.25) is 5.91 Å². The number of methoxy groups -OCH3 is 1. The molecule has 1 fully saturated rings. The van der Waals surface area contributed by atoms with Crippen molar-refractivity contribution in [3.05, 3.63) is 83.4 Å². The van der Waals surface area contributed by atoms with Crippen LogP contribution < -0.4 is 10.6 Å². The summed E-state index contributed by atoms with van der Waals surface area (Å²) in [7, 11) is 1.29. The molecule has 9 nitrogen and oxygen atoms in total. The first-order valence-corrected chi connectivity index (χ1v) is 14.9. The molecule has 41 heavy (non-hydrogen) atoms. The minimum Gasteiger partial charge on any atom is -0.465 e. The van der Waals surface area contributed by atoms with Gasteiger partial charge in [0, 0.05) is 18.8 Å². The zero-order chi connectivity index (χ0) is 28.8. The molecule has 0 bridgehead atoms. The highest BCUT2D eigenvalue weighted by molar-refractivity contribution is 8.01. The summed E-state index contributed by atoms with van der Waals surface area (Å²) in [5, 5.41) is 5.67. The van der Waals surface area contributed by atoms with E-state index in [9.17, 15) is 19.2 Å². The Morgan fingerprint density at radius 1 is 0.902 bits per heavy atom. The largest absolute Gasteiger partial charge is 0.465 e. The third-order valence-corrected chi connectivity index (χ3v) is 8.77. The van der Waals surface area contributed by atoms with Gasteiger partial charge in [-0.15, -0.1) is 11.3 Å². The Kier molecular flexibility index (Phi) is 8.95. The third-order valence-electron chi connectivity index (χ3n) is 6.61. The van der Waals surface area contributed by atoms with Gasteiger partial charge in [-0.2, -0.15) is 0 Å². The Labute approximate surface area is 245 Å². The summed E-state index contributed by atoms with van der Waals surface area (Å²) < 4.78 is 6.31. The SMILES string of the molecule is COC(=O)c1ccccc1NC(=O)CSc1nc2ccc(NC(=O)c3ccccc3C(=O)N3CCCCC3)cc2s1. The molecular weight excluding hydrogens is 560 g/mol. The number of nitrogens with one attached hydrogen (secondary N) is 2. The summed E-state index contributed by atoms with van der Waals surface area (Å²) in [5.41, 5.74) is 2.73. The molecule has 2 heterocycles. The van der Waals surface area contributed by atoms with Crippen molar-refractivity contribution in [2.24, 2.45) is 0 Å². The number of ether oxygens (including phenoxy) is 1. The van der Waals surface area contributed by atoms with Crippen molar-refractivity contribution in [1.29, 1.82) is 0 Å². The molecule has 4 aromatic rings. The van der Waals surface area contributed by atoms with E-state index in [-0.39, 0.29) is 29.0 Å². The Balaban J connectivity index is 1.23. The topological polar surface area (TPSA) is 118 Å². The average Bonchev–Trinajstić information content (AvgIpc) is 3.42. The van der Waals surface area contributed by atoms with E-state index >= 15 is 0 Å². The lowest BCUT2D eigenvalue weighted by Crippen LogP contribution is -2.36. The third kappa shape index (κ3) is 6.75. The number of hydrogen-bond donors (Lipinski definition) is 2. The van der Waals surface area contributed by atoms with Crippen molar-refractivity contribution in [1.82, 2.24) is 9.88 Å². The van der Waals surface area contributed by atoms with Crippen LogP contribution in [0.2, 0.25) is 0 Å². The Hall–Kier alpha value is -4.22. The number of carbonyl (C=O) groups is 4. The predicted molar refractivity (Wildman–Crippen MR) is 161 cm³/mol. The van der Waals surface area contributed by atoms with Gasteiger partial charge in [-0.3, -0.25) is 14.4 Å². The molecule has 2 N–H and O–H groups in total. The molecule has 1 aliphatic heterocycles. The van der Waals surface area contributed by atoms with Crippen LogP contribution in [0.4, 0.5) is 11.4 Å². The van der Waals surface area contributed by atoms with Gasteiger partial charge in [-0.25, -0.2) is 9.78 Å². The lowest BCUT2D eigenvalue weighted by atomic mass is 10.0. The van der Waals surface area contributed by atoms with E-state index in [1.807, 2.05) is 17.0 Å². The molecule has 0 aliphatic carbocycles. The Morgan fingerprint density at radius 3 is 2.37 bits per heavy atom. The summed E-state index contributed by atoms with van der Waals surface area (Å²) in [6.07, 6.45) is 3.07. The number of fused-ring (bicyclic) bond motifs is 1. The minimum atomic E-state index is -0.528. The number of amides is 3. The summed E-state index contributed by atoms with van der Waals surface area (Å²) in [4.78, 5) is 57.2. The van der Waals surface area contributed by atoms with Crippen molar-refractivity contribution >= 4 is 68.4 Å². The number of aromatic nitrogens is 1. The molecule has 0 radical (unpaired) electrons. The number of thioether (sulfide) groups is 1. The fraction of sp³-hybridized carbons (Fsp3) is 0.233. The molecule has 5 rings (SSSR count). The van der Waals surface area contributed by atoms with Crippen LogP contribution in [0.25, 0.3) is 10.2 Å². The van der Waals surface area contributed by atoms with Crippen molar-refractivity contribution in [3.8, 4) is 0 Å². The molecule has 0 unspecified atom stereocenters. The smallest absolute Gasteiger partial charge is 0.339 e. The summed E-state index contributed by atoms with van der Waals surface area (Å²) >= 11 is 2.69. The molecule has 11 heteroatoms. The molecule has 0 spiro atoms. The van der Waals surface area contributed by atoms with Crippen LogP contribution in [0, 0.1) is 0 Å². The standard InChI is InChI=1S/C30H28N4O5S2/c1-39-29(38)22-11-5-6-12-23(22)32-26(35)18-40-30-33-24-14-13-19(17-25(24)41-30)31-27(36)20-9-3-4-10-21(20)28(37)34-15-7-2-8-16-34/h3-6,9-14,17H,2,7-8,15-16,18H2,1H3,(H,31,36)(H,32,35). The Bertz CT molecular complexity index is 1610. The number of rotatable bonds is 8. The van der Waals surface area contributed by atoms with Crippen LogP contribution in [0.1, 0.15) is 50.3 Å². The Morgan fingerprint density at radius 2 is 1.61 bits per heavy atom. The van der Waals surface area contributed by atoms with Crippen molar-refractivity contribution in [3.63, 3.8) is 0 Å². The zero-order valence-electron chi connectivity index (χ0n) is 22.3. The summed E-state index contributed by atoms with van der Waals surface area (Å²) in [6.45, 7) is 1.42. The highest BCUT2D eigenvalue weighted by atomic mass is 32.2. The van der Waals surface area contributed by atoms with Crippen molar-refractivity contribution in [2.75, 3.05) is 36.6 Å². The number of nitrogens with zero attached hydrogens (tertiary/aromatic N) is 2. The maximum atomic E-state index is 13.2. The van der Waals surface area contributed by atoms with Crippen LogP contribution in [-0.4, -0.2) is 59.5 Å². The minimum absolute atomic E-state index is 0.0980. The van der Waals surface area contributed by atoms with Crippen LogP contribution in [-0.2, 0) is 9.53 Å². The molecule has 3 amide bonds. The first kappa shape index (κ1) is 28.3. The first-order valence-electron chi connectivity index (χ1n) is 13.1. The molecule has 1 saturated heterocycles. The van der Waals surface area contributed by atoms with E-state index in [0.29, 0.717) is 39.9 Å². The first-order chi connectivity index (χ1) is 19.9. The molecule has 3 aromatic carbocycles. The number of anilines is 2. The number of para-hydroxylation sites is 1. The lowest BCUT2D eigenvalue weighted by Gasteiger charge is -2.27. The summed E-state index contributed by atoms with van der Waals surface area (Å²) in [5.74, 6) is -1.18. The fourth-order valence-electron chi connectivity index (χ4n) is 4.57. The second kappa shape index (κ2) is 13.0. The van der Waals surface area contributed by atoms with Gasteiger partial charge in [0.05, 0.1) is 45.5 Å². The molecule has 0 saturated carbocycles. The number of likely N-dealkylation sites (tertiary alicyclic amines) is 1. The van der Waals surface area contributed by atoms with Gasteiger partial charge in [0.1, 0.15) is 0 Å². The van der Waals surface area contributed by atoms with E-state index in [2.05, 4.69) is 15.6 Å². The number of carbonyl (C=O) groups excluding carboxylic acids is 4. The van der Waals surface area contributed by atoms with Gasteiger partial charge >= 0.3 is 5.97 Å². The van der Waals surface area contributed by atoms with Gasteiger partial charge in [0.15, 0.2) is 4.34 Å². The highest BCUT2D eigenvalue weighted by Crippen LogP contribution is 2.32. The molecule has 210 valence electrons. The van der Waals surface area contributed by atoms with E-state index in [1.54, 1.807) is 54.6 Å². The monoisotopic (exact) mass is 588 g/mol. The number of thiazole rings is 1. The normalized spacial score (nSPS) is 13.0. The van der Waals surface area contributed by atoms with Gasteiger partial charge < -0.3 is 20.3 Å². The second-order valence-corrected chi connectivity index (χ2v) is 11.6. The zero-order valence-corrected chi connectivity index (χ0v) is 24.0. The maximum Gasteiger partial charge on any atom is 0.339 e. The van der Waals surface area contributed by atoms with Crippen LogP contribution in [0.3, 0.4) is 0 Å². The average molecular weight is 589 g/mol. The second-order valence-electron chi connectivity index (χ2n) is 9.39. The van der Waals surface area contributed by atoms with Gasteiger partial charge in [-0.05, 0) is 61.7 Å². The van der Waals surface area contributed by atoms with E-state index in [1.165, 1.54) is 30.2 Å². The van der Waals surface area contributed by atoms with Crippen LogP contribution in [0.5, 0.6) is 0 Å². The quantitative estimate of drug-likeness (QED) is 0.201. The van der Waals surface area contributed by atoms with Crippen LogP contribution >= 0.6 is 23.1 Å². The van der Waals surface area contributed by atoms with E-state index in [0.717, 1.165) is 29.5 Å². The van der Waals surface area contributed by atoms with E-state index < -0.39 is 5.97 Å². The highest BCUT2D eigenvalue weighted by Gasteiger charge is 2.23.